The lowest BCUT2D eigenvalue weighted by Crippen LogP contribution is -2.13. The van der Waals surface area contributed by atoms with Crippen LogP contribution in [-0.4, -0.2) is 15.9 Å². The highest BCUT2D eigenvalue weighted by Crippen LogP contribution is 2.27. The monoisotopic (exact) mass is 537 g/mol. The molecule has 0 aliphatic rings. The average molecular weight is 538 g/mol. The summed E-state index contributed by atoms with van der Waals surface area (Å²) in [4.78, 5) is 21.5. The van der Waals surface area contributed by atoms with Gasteiger partial charge in [0.25, 0.3) is 5.91 Å². The van der Waals surface area contributed by atoms with E-state index in [0.29, 0.717) is 39.0 Å². The molecule has 0 fully saturated rings. The molecule has 186 valence electrons. The number of nitrogens with one attached hydrogen (secondary N) is 2. The number of benzene rings is 3. The van der Waals surface area contributed by atoms with Crippen molar-refractivity contribution in [3.05, 3.63) is 117 Å². The Morgan fingerprint density at radius 2 is 1.82 bits per heavy atom. The highest BCUT2D eigenvalue weighted by Gasteiger charge is 2.12. The fourth-order valence-electron chi connectivity index (χ4n) is 3.85. The number of amides is 1. The van der Waals surface area contributed by atoms with Crippen molar-refractivity contribution in [1.29, 1.82) is 0 Å². The van der Waals surface area contributed by atoms with Gasteiger partial charge in [-0.15, -0.1) is 0 Å². The Labute approximate surface area is 229 Å². The standard InChI is InChI=1S/C30H21Cl2N5O/c1-18-5-10-22(16-27(18)37-28-4-2-3-13-34-28)36-30(38)24-12-7-19(14-26(24)32)6-11-23-25-15-21(31)9-8-20(25)17-35-29(23)33/h2-5,7-10,12-17H,1H3,(H2,33,35)(H,34,37)(H,36,38). The maximum atomic E-state index is 13.0. The number of hydrogen-bond donors (Lipinski definition) is 3. The van der Waals surface area contributed by atoms with Gasteiger partial charge in [0, 0.05) is 45.1 Å². The molecule has 0 spiro atoms. The van der Waals surface area contributed by atoms with Crippen LogP contribution < -0.4 is 16.4 Å². The van der Waals surface area contributed by atoms with E-state index in [1.54, 1.807) is 36.7 Å². The first-order valence-electron chi connectivity index (χ1n) is 11.6. The molecular weight excluding hydrogens is 517 g/mol. The Hall–Kier alpha value is -4.57. The van der Waals surface area contributed by atoms with E-state index in [1.807, 2.05) is 55.5 Å². The van der Waals surface area contributed by atoms with Crippen LogP contribution in [0, 0.1) is 18.8 Å². The first-order chi connectivity index (χ1) is 18.4. The molecule has 0 aliphatic heterocycles. The van der Waals surface area contributed by atoms with Crippen molar-refractivity contribution in [2.24, 2.45) is 0 Å². The summed E-state index contributed by atoms with van der Waals surface area (Å²) in [5, 5.41) is 8.73. The lowest BCUT2D eigenvalue weighted by molar-refractivity contribution is 0.102. The summed E-state index contributed by atoms with van der Waals surface area (Å²) in [6.07, 6.45) is 3.39. The van der Waals surface area contributed by atoms with Crippen molar-refractivity contribution in [2.45, 2.75) is 6.92 Å². The quantitative estimate of drug-likeness (QED) is 0.210. The van der Waals surface area contributed by atoms with E-state index in [2.05, 4.69) is 32.4 Å². The van der Waals surface area contributed by atoms with Gasteiger partial charge in [-0.1, -0.05) is 53.2 Å². The van der Waals surface area contributed by atoms with Crippen molar-refractivity contribution >= 4 is 62.9 Å². The number of nitrogen functional groups attached to an aromatic ring is 1. The Morgan fingerprint density at radius 1 is 0.947 bits per heavy atom. The van der Waals surface area contributed by atoms with Gasteiger partial charge in [-0.05, 0) is 67.1 Å². The zero-order valence-corrected chi connectivity index (χ0v) is 21.7. The van der Waals surface area contributed by atoms with E-state index >= 15 is 0 Å². The number of aryl methyl sites for hydroxylation is 1. The molecule has 0 atom stereocenters. The fraction of sp³-hybridized carbons (Fsp3) is 0.0333. The van der Waals surface area contributed by atoms with Crippen LogP contribution in [0.3, 0.4) is 0 Å². The normalized spacial score (nSPS) is 10.5. The minimum absolute atomic E-state index is 0.278. The molecule has 0 unspecified atom stereocenters. The average Bonchev–Trinajstić information content (AvgIpc) is 2.90. The number of fused-ring (bicyclic) bond motifs is 1. The zero-order valence-electron chi connectivity index (χ0n) is 20.2. The molecular formula is C30H21Cl2N5O. The zero-order chi connectivity index (χ0) is 26.6. The molecule has 3 aromatic carbocycles. The number of anilines is 4. The number of rotatable bonds is 4. The number of hydrogen-bond acceptors (Lipinski definition) is 5. The number of nitrogens with two attached hydrogens (primary N) is 1. The van der Waals surface area contributed by atoms with Gasteiger partial charge in [0.15, 0.2) is 0 Å². The number of halogens is 2. The van der Waals surface area contributed by atoms with Gasteiger partial charge >= 0.3 is 0 Å². The van der Waals surface area contributed by atoms with E-state index in [-0.39, 0.29) is 10.9 Å². The molecule has 8 heteroatoms. The van der Waals surface area contributed by atoms with Crippen LogP contribution in [0.1, 0.15) is 27.0 Å². The van der Waals surface area contributed by atoms with E-state index < -0.39 is 0 Å². The number of carbonyl (C=O) groups is 1. The summed E-state index contributed by atoms with van der Waals surface area (Å²) in [5.74, 6) is 6.83. The van der Waals surface area contributed by atoms with Gasteiger partial charge in [0.2, 0.25) is 0 Å². The Balaban J connectivity index is 1.36. The highest BCUT2D eigenvalue weighted by molar-refractivity contribution is 6.34. The molecule has 0 radical (unpaired) electrons. The van der Waals surface area contributed by atoms with Crippen LogP contribution in [-0.2, 0) is 0 Å². The molecule has 5 aromatic rings. The Morgan fingerprint density at radius 3 is 2.61 bits per heavy atom. The Bertz CT molecular complexity index is 1740. The second-order valence-electron chi connectivity index (χ2n) is 8.52. The maximum Gasteiger partial charge on any atom is 0.257 e. The molecule has 0 saturated heterocycles. The van der Waals surface area contributed by atoms with E-state index in [4.69, 9.17) is 28.9 Å². The third-order valence-electron chi connectivity index (χ3n) is 5.85. The van der Waals surface area contributed by atoms with Gasteiger partial charge in [-0.3, -0.25) is 4.79 Å². The molecule has 1 amide bonds. The first kappa shape index (κ1) is 25.1. The lowest BCUT2D eigenvalue weighted by atomic mass is 10.1. The summed E-state index contributed by atoms with van der Waals surface area (Å²) < 4.78 is 0. The summed E-state index contributed by atoms with van der Waals surface area (Å²) >= 11 is 12.6. The van der Waals surface area contributed by atoms with Gasteiger partial charge in [-0.25, -0.2) is 9.97 Å². The summed E-state index contributed by atoms with van der Waals surface area (Å²) in [5.41, 5.74) is 10.1. The molecule has 38 heavy (non-hydrogen) atoms. The van der Waals surface area contributed by atoms with Gasteiger partial charge in [0.05, 0.1) is 16.1 Å². The van der Waals surface area contributed by atoms with E-state index in [0.717, 1.165) is 22.0 Å². The van der Waals surface area contributed by atoms with Gasteiger partial charge in [0.1, 0.15) is 11.6 Å². The minimum Gasteiger partial charge on any atom is -0.383 e. The smallest absolute Gasteiger partial charge is 0.257 e. The van der Waals surface area contributed by atoms with Crippen LogP contribution in [0.5, 0.6) is 0 Å². The predicted molar refractivity (Wildman–Crippen MR) is 155 cm³/mol. The predicted octanol–water partition coefficient (Wildman–Crippen LogP) is 7.22. The van der Waals surface area contributed by atoms with E-state index in [1.165, 1.54) is 0 Å². The second kappa shape index (κ2) is 10.8. The number of nitrogens with zero attached hydrogens (tertiary/aromatic N) is 2. The molecule has 5 rings (SSSR count). The van der Waals surface area contributed by atoms with Crippen LogP contribution >= 0.6 is 23.2 Å². The topological polar surface area (TPSA) is 92.9 Å². The lowest BCUT2D eigenvalue weighted by Gasteiger charge is -2.12. The Kier molecular flexibility index (Phi) is 7.14. The van der Waals surface area contributed by atoms with Crippen molar-refractivity contribution in [1.82, 2.24) is 9.97 Å². The summed E-state index contributed by atoms with van der Waals surface area (Å²) in [6, 6.07) is 21.7. The highest BCUT2D eigenvalue weighted by atomic mass is 35.5. The van der Waals surface area contributed by atoms with Crippen molar-refractivity contribution < 1.29 is 4.79 Å². The molecule has 0 aliphatic carbocycles. The third-order valence-corrected chi connectivity index (χ3v) is 6.40. The van der Waals surface area contributed by atoms with E-state index in [9.17, 15) is 4.79 Å². The largest absolute Gasteiger partial charge is 0.383 e. The van der Waals surface area contributed by atoms with Crippen molar-refractivity contribution in [3.8, 4) is 11.8 Å². The minimum atomic E-state index is -0.334. The first-order valence-corrected chi connectivity index (χ1v) is 12.4. The molecule has 2 heterocycles. The number of aromatic nitrogens is 2. The third kappa shape index (κ3) is 5.55. The van der Waals surface area contributed by atoms with Crippen molar-refractivity contribution in [2.75, 3.05) is 16.4 Å². The molecule has 2 aromatic heterocycles. The van der Waals surface area contributed by atoms with Crippen LogP contribution in [0.4, 0.5) is 23.0 Å². The maximum absolute atomic E-state index is 13.0. The SMILES string of the molecule is Cc1ccc(NC(=O)c2ccc(C#Cc3c(N)ncc4ccc(Cl)cc34)cc2Cl)cc1Nc1ccccn1. The van der Waals surface area contributed by atoms with Crippen LogP contribution in [0.25, 0.3) is 10.8 Å². The molecule has 4 N–H and O–H groups in total. The second-order valence-corrected chi connectivity index (χ2v) is 9.36. The summed E-state index contributed by atoms with van der Waals surface area (Å²) in [6.45, 7) is 1.98. The fourth-order valence-corrected chi connectivity index (χ4v) is 4.29. The van der Waals surface area contributed by atoms with Crippen molar-refractivity contribution in [3.63, 3.8) is 0 Å². The number of pyridine rings is 2. The summed E-state index contributed by atoms with van der Waals surface area (Å²) in [7, 11) is 0. The number of carbonyl (C=O) groups excluding carboxylic acids is 1. The molecule has 0 saturated carbocycles. The molecule has 6 nitrogen and oxygen atoms in total. The van der Waals surface area contributed by atoms with Crippen LogP contribution in [0.15, 0.2) is 85.2 Å². The van der Waals surface area contributed by atoms with Gasteiger partial charge in [-0.2, -0.15) is 0 Å². The van der Waals surface area contributed by atoms with Crippen LogP contribution in [0.2, 0.25) is 10.0 Å². The van der Waals surface area contributed by atoms with Gasteiger partial charge < -0.3 is 16.4 Å². The molecule has 0 bridgehead atoms.